The van der Waals surface area contributed by atoms with Gasteiger partial charge in [0.1, 0.15) is 0 Å². The van der Waals surface area contributed by atoms with E-state index in [9.17, 15) is 4.79 Å². The first-order chi connectivity index (χ1) is 5.18. The van der Waals surface area contributed by atoms with Gasteiger partial charge in [-0.1, -0.05) is 11.3 Å². The standard InChI is InChI=1S/C5H4BrNO3S/c6-3-1-7-5(11-3)10-2-4(8)9/h1H,2H2,(H,8,9). The Bertz CT molecular complexity index is 262. The summed E-state index contributed by atoms with van der Waals surface area (Å²) in [5, 5.41) is 8.58. The van der Waals surface area contributed by atoms with E-state index in [1.165, 1.54) is 11.3 Å². The van der Waals surface area contributed by atoms with Gasteiger partial charge in [0, 0.05) is 0 Å². The maximum atomic E-state index is 10.0. The molecule has 1 rings (SSSR count). The number of hydrogen-bond donors (Lipinski definition) is 1. The lowest BCUT2D eigenvalue weighted by Crippen LogP contribution is -2.08. The molecule has 0 spiro atoms. The summed E-state index contributed by atoms with van der Waals surface area (Å²) < 4.78 is 5.58. The molecule has 0 aliphatic rings. The predicted octanol–water partition coefficient (Wildman–Crippen LogP) is 1.37. The molecule has 0 radical (unpaired) electrons. The molecule has 1 N–H and O–H groups in total. The van der Waals surface area contributed by atoms with Crippen molar-refractivity contribution in [2.75, 3.05) is 6.61 Å². The van der Waals surface area contributed by atoms with Gasteiger partial charge in [-0.3, -0.25) is 0 Å². The summed E-state index contributed by atoms with van der Waals surface area (Å²) in [6.45, 7) is -0.347. The van der Waals surface area contributed by atoms with Gasteiger partial charge in [0.2, 0.25) is 0 Å². The Hall–Kier alpha value is -0.620. The molecule has 0 unspecified atom stereocenters. The molecule has 60 valence electrons. The monoisotopic (exact) mass is 237 g/mol. The molecule has 0 bridgehead atoms. The van der Waals surface area contributed by atoms with E-state index >= 15 is 0 Å². The Labute approximate surface area is 75.0 Å². The van der Waals surface area contributed by atoms with Crippen LogP contribution >= 0.6 is 27.3 Å². The molecular formula is C5H4BrNO3S. The minimum Gasteiger partial charge on any atom is -0.479 e. The highest BCUT2D eigenvalue weighted by Gasteiger charge is 2.02. The highest BCUT2D eigenvalue weighted by atomic mass is 79.9. The fraction of sp³-hybridized carbons (Fsp3) is 0.200. The first-order valence-electron chi connectivity index (χ1n) is 2.64. The number of ether oxygens (including phenoxy) is 1. The minimum absolute atomic E-state index is 0.347. The zero-order valence-corrected chi connectivity index (χ0v) is 7.68. The molecule has 0 aliphatic carbocycles. The van der Waals surface area contributed by atoms with E-state index in [4.69, 9.17) is 9.84 Å². The molecule has 0 saturated carbocycles. The lowest BCUT2D eigenvalue weighted by atomic mass is 10.7. The number of hydrogen-bond acceptors (Lipinski definition) is 4. The van der Waals surface area contributed by atoms with E-state index in [1.807, 2.05) is 0 Å². The van der Waals surface area contributed by atoms with E-state index in [0.29, 0.717) is 5.19 Å². The number of thiazole rings is 1. The molecule has 1 aromatic rings. The molecule has 1 aromatic heterocycles. The number of halogens is 1. The molecule has 0 atom stereocenters. The summed E-state index contributed by atoms with van der Waals surface area (Å²) in [6, 6.07) is 0. The molecule has 0 saturated heterocycles. The Kier molecular flexibility index (Phi) is 2.84. The third-order valence-electron chi connectivity index (χ3n) is 0.775. The fourth-order valence-electron chi connectivity index (χ4n) is 0.430. The van der Waals surface area contributed by atoms with Crippen LogP contribution in [0.5, 0.6) is 5.19 Å². The lowest BCUT2D eigenvalue weighted by molar-refractivity contribution is -0.139. The van der Waals surface area contributed by atoms with Crippen molar-refractivity contribution in [3.05, 3.63) is 9.98 Å². The summed E-state index contributed by atoms with van der Waals surface area (Å²) in [5.41, 5.74) is 0. The third kappa shape index (κ3) is 2.85. The minimum atomic E-state index is -1.00. The van der Waals surface area contributed by atoms with Gasteiger partial charge in [0.05, 0.1) is 9.98 Å². The predicted molar refractivity (Wildman–Crippen MR) is 42.9 cm³/mol. The molecule has 0 fully saturated rings. The zero-order valence-electron chi connectivity index (χ0n) is 5.28. The number of carboxylic acids is 1. The maximum absolute atomic E-state index is 10.0. The van der Waals surface area contributed by atoms with Gasteiger partial charge < -0.3 is 9.84 Å². The van der Waals surface area contributed by atoms with Crippen molar-refractivity contribution in [1.82, 2.24) is 4.98 Å². The number of aromatic nitrogens is 1. The summed E-state index contributed by atoms with van der Waals surface area (Å²) in [4.78, 5) is 13.8. The second-order valence-electron chi connectivity index (χ2n) is 1.61. The second-order valence-corrected chi connectivity index (χ2v) is 3.99. The van der Waals surface area contributed by atoms with E-state index < -0.39 is 5.97 Å². The van der Waals surface area contributed by atoms with Crippen LogP contribution in [0.15, 0.2) is 9.98 Å². The number of carbonyl (C=O) groups is 1. The molecule has 1 heterocycles. The van der Waals surface area contributed by atoms with Gasteiger partial charge in [0.25, 0.3) is 5.19 Å². The van der Waals surface area contributed by atoms with Crippen LogP contribution in [-0.4, -0.2) is 22.7 Å². The van der Waals surface area contributed by atoms with Crippen molar-refractivity contribution in [2.45, 2.75) is 0 Å². The van der Waals surface area contributed by atoms with Gasteiger partial charge in [0.15, 0.2) is 6.61 Å². The second kappa shape index (κ2) is 3.68. The SMILES string of the molecule is O=C(O)COc1ncc(Br)s1. The van der Waals surface area contributed by atoms with Crippen LogP contribution in [0.2, 0.25) is 0 Å². The first-order valence-corrected chi connectivity index (χ1v) is 4.25. The third-order valence-corrected chi connectivity index (χ3v) is 2.16. The number of aliphatic carboxylic acids is 1. The summed E-state index contributed by atoms with van der Waals surface area (Å²) in [7, 11) is 0. The first kappa shape index (κ1) is 8.48. The van der Waals surface area contributed by atoms with Crippen molar-refractivity contribution in [2.24, 2.45) is 0 Å². The van der Waals surface area contributed by atoms with Crippen LogP contribution < -0.4 is 4.74 Å². The average molecular weight is 238 g/mol. The molecule has 0 amide bonds. The molecule has 11 heavy (non-hydrogen) atoms. The molecular weight excluding hydrogens is 234 g/mol. The van der Waals surface area contributed by atoms with Crippen LogP contribution in [0.3, 0.4) is 0 Å². The van der Waals surface area contributed by atoms with Crippen LogP contribution in [0.1, 0.15) is 0 Å². The largest absolute Gasteiger partial charge is 0.479 e. The van der Waals surface area contributed by atoms with Crippen LogP contribution in [0.25, 0.3) is 0 Å². The normalized spacial score (nSPS) is 9.55. The highest BCUT2D eigenvalue weighted by Crippen LogP contribution is 2.24. The summed E-state index contributed by atoms with van der Waals surface area (Å²) in [5.74, 6) is -1.00. The molecule has 6 heteroatoms. The number of nitrogens with zero attached hydrogens (tertiary/aromatic N) is 1. The molecule has 4 nitrogen and oxygen atoms in total. The summed E-state index contributed by atoms with van der Waals surface area (Å²) >= 11 is 4.42. The van der Waals surface area contributed by atoms with Gasteiger partial charge in [-0.05, 0) is 15.9 Å². The van der Waals surface area contributed by atoms with Crippen molar-refractivity contribution in [1.29, 1.82) is 0 Å². The van der Waals surface area contributed by atoms with E-state index in [0.717, 1.165) is 3.79 Å². The zero-order chi connectivity index (χ0) is 8.27. The average Bonchev–Trinajstić information content (AvgIpc) is 2.31. The van der Waals surface area contributed by atoms with Crippen molar-refractivity contribution < 1.29 is 14.6 Å². The van der Waals surface area contributed by atoms with Crippen molar-refractivity contribution >= 4 is 33.2 Å². The Morgan fingerprint density at radius 3 is 3.09 bits per heavy atom. The van der Waals surface area contributed by atoms with Crippen LogP contribution in [0, 0.1) is 0 Å². The van der Waals surface area contributed by atoms with Gasteiger partial charge >= 0.3 is 5.97 Å². The van der Waals surface area contributed by atoms with E-state index in [1.54, 1.807) is 6.20 Å². The topological polar surface area (TPSA) is 59.4 Å². The molecule has 0 aliphatic heterocycles. The Morgan fingerprint density at radius 2 is 2.64 bits per heavy atom. The molecule has 0 aromatic carbocycles. The van der Waals surface area contributed by atoms with Crippen molar-refractivity contribution in [3.63, 3.8) is 0 Å². The van der Waals surface area contributed by atoms with Crippen LogP contribution in [0.4, 0.5) is 0 Å². The van der Waals surface area contributed by atoms with Crippen LogP contribution in [-0.2, 0) is 4.79 Å². The van der Waals surface area contributed by atoms with Crippen molar-refractivity contribution in [3.8, 4) is 5.19 Å². The Morgan fingerprint density at radius 1 is 1.91 bits per heavy atom. The van der Waals surface area contributed by atoms with Gasteiger partial charge in [-0.15, -0.1) is 0 Å². The lowest BCUT2D eigenvalue weighted by Gasteiger charge is -1.94. The van der Waals surface area contributed by atoms with Gasteiger partial charge in [-0.25, -0.2) is 9.78 Å². The Balaban J connectivity index is 2.45. The highest BCUT2D eigenvalue weighted by molar-refractivity contribution is 9.11. The summed E-state index contributed by atoms with van der Waals surface area (Å²) in [6.07, 6.45) is 1.56. The van der Waals surface area contributed by atoms with E-state index in [-0.39, 0.29) is 6.61 Å². The smallest absolute Gasteiger partial charge is 0.341 e. The number of carboxylic acid groups (broad SMARTS) is 1. The maximum Gasteiger partial charge on any atom is 0.341 e. The number of rotatable bonds is 3. The van der Waals surface area contributed by atoms with E-state index in [2.05, 4.69) is 20.9 Å². The quantitative estimate of drug-likeness (QED) is 0.863. The van der Waals surface area contributed by atoms with Gasteiger partial charge in [-0.2, -0.15) is 0 Å². The fourth-order valence-corrected chi connectivity index (χ4v) is 1.44.